The van der Waals surface area contributed by atoms with Crippen LogP contribution in [0.3, 0.4) is 0 Å². The van der Waals surface area contributed by atoms with Crippen molar-refractivity contribution in [3.05, 3.63) is 0 Å². The second kappa shape index (κ2) is 12.5. The first-order chi connectivity index (χ1) is 13.0. The van der Waals surface area contributed by atoms with E-state index in [-0.39, 0.29) is 11.7 Å². The number of carboxylic acids is 1. The summed E-state index contributed by atoms with van der Waals surface area (Å²) in [5.74, 6) is -4.18. The van der Waals surface area contributed by atoms with Crippen molar-refractivity contribution in [1.82, 2.24) is 16.0 Å². The molecule has 0 aromatic heterocycles. The van der Waals surface area contributed by atoms with E-state index in [0.717, 1.165) is 0 Å². The Morgan fingerprint density at radius 2 is 1.50 bits per heavy atom. The van der Waals surface area contributed by atoms with Gasteiger partial charge in [0.05, 0.1) is 18.8 Å². The van der Waals surface area contributed by atoms with Crippen molar-refractivity contribution in [2.45, 2.75) is 57.5 Å². The van der Waals surface area contributed by atoms with E-state index >= 15 is 0 Å². The molecule has 8 N–H and O–H groups in total. The second-order valence-corrected chi connectivity index (χ2v) is 6.83. The first-order valence-electron chi connectivity index (χ1n) is 8.79. The fourth-order valence-corrected chi connectivity index (χ4v) is 2.34. The van der Waals surface area contributed by atoms with Crippen molar-refractivity contribution < 1.29 is 34.5 Å². The van der Waals surface area contributed by atoms with Crippen LogP contribution in [0.15, 0.2) is 0 Å². The average molecular weight is 423 g/mol. The molecule has 0 radical (unpaired) electrons. The lowest BCUT2D eigenvalue weighted by Crippen LogP contribution is -2.59. The monoisotopic (exact) mass is 422 g/mol. The second-order valence-electron chi connectivity index (χ2n) is 6.46. The van der Waals surface area contributed by atoms with Crippen molar-refractivity contribution >= 4 is 36.3 Å². The van der Waals surface area contributed by atoms with Gasteiger partial charge in [-0.3, -0.25) is 14.4 Å². The first kappa shape index (κ1) is 26.1. The quantitative estimate of drug-likeness (QED) is 0.155. The van der Waals surface area contributed by atoms with Gasteiger partial charge in [-0.1, -0.05) is 20.3 Å². The molecule has 6 atom stereocenters. The van der Waals surface area contributed by atoms with Gasteiger partial charge in [0.25, 0.3) is 0 Å². The van der Waals surface area contributed by atoms with Gasteiger partial charge in [0.1, 0.15) is 12.1 Å². The molecule has 0 heterocycles. The van der Waals surface area contributed by atoms with Crippen molar-refractivity contribution in [1.29, 1.82) is 0 Å². The van der Waals surface area contributed by atoms with Gasteiger partial charge in [-0.15, -0.1) is 0 Å². The van der Waals surface area contributed by atoms with Crippen LogP contribution in [-0.2, 0) is 19.2 Å². The summed E-state index contributed by atoms with van der Waals surface area (Å²) in [6.07, 6.45) is -0.732. The van der Waals surface area contributed by atoms with Gasteiger partial charge >= 0.3 is 5.97 Å². The standard InChI is InChI=1S/C16H30N4O7S/c1-4-7(2)11(17)15(25)18-9(5-21)13(23)19-10(6-28)14(24)20-12(8(3)22)16(26)27/h7-12,21-22,28H,4-6,17H2,1-3H3,(H,18,25)(H,19,23)(H,20,24)(H,26,27). The molecule has 3 amide bonds. The summed E-state index contributed by atoms with van der Waals surface area (Å²) in [7, 11) is 0. The van der Waals surface area contributed by atoms with E-state index in [9.17, 15) is 29.4 Å². The molecule has 0 aromatic rings. The Morgan fingerprint density at radius 1 is 1.00 bits per heavy atom. The molecule has 0 aliphatic carbocycles. The van der Waals surface area contributed by atoms with E-state index in [2.05, 4.69) is 28.6 Å². The van der Waals surface area contributed by atoms with Crippen LogP contribution in [0.1, 0.15) is 27.2 Å². The van der Waals surface area contributed by atoms with Gasteiger partial charge in [-0.05, 0) is 12.8 Å². The summed E-state index contributed by atoms with van der Waals surface area (Å²) in [6, 6.07) is -5.07. The zero-order valence-electron chi connectivity index (χ0n) is 16.1. The Kier molecular flexibility index (Phi) is 11.7. The number of carbonyl (C=O) groups excluding carboxylic acids is 3. The molecule has 0 fully saturated rings. The zero-order valence-corrected chi connectivity index (χ0v) is 17.0. The number of thiol groups is 1. The molecule has 0 aromatic carbocycles. The van der Waals surface area contributed by atoms with Gasteiger partial charge in [0, 0.05) is 5.75 Å². The van der Waals surface area contributed by atoms with E-state index in [0.29, 0.717) is 6.42 Å². The first-order valence-corrected chi connectivity index (χ1v) is 9.42. The molecule has 12 heteroatoms. The summed E-state index contributed by atoms with van der Waals surface area (Å²) in [5, 5.41) is 34.5. The van der Waals surface area contributed by atoms with E-state index < -0.39 is 60.6 Å². The summed E-state index contributed by atoms with van der Waals surface area (Å²) in [4.78, 5) is 47.6. The van der Waals surface area contributed by atoms with Gasteiger partial charge < -0.3 is 37.0 Å². The number of nitrogens with one attached hydrogen (secondary N) is 3. The van der Waals surface area contributed by atoms with E-state index in [4.69, 9.17) is 10.8 Å². The molecule has 0 spiro atoms. The predicted octanol–water partition coefficient (Wildman–Crippen LogP) is -2.80. The number of aliphatic hydroxyl groups is 2. The van der Waals surface area contributed by atoms with Gasteiger partial charge in [-0.2, -0.15) is 12.6 Å². The maximum absolute atomic E-state index is 12.3. The topological polar surface area (TPSA) is 191 Å². The van der Waals surface area contributed by atoms with Crippen molar-refractivity contribution in [2.75, 3.05) is 12.4 Å². The highest BCUT2D eigenvalue weighted by molar-refractivity contribution is 7.80. The highest BCUT2D eigenvalue weighted by Gasteiger charge is 2.31. The summed E-state index contributed by atoms with van der Waals surface area (Å²) >= 11 is 3.94. The Hall–Kier alpha value is -1.89. The lowest BCUT2D eigenvalue weighted by molar-refractivity contribution is -0.145. The number of carboxylic acid groups (broad SMARTS) is 1. The number of nitrogens with two attached hydrogens (primary N) is 1. The molecule has 0 rings (SSSR count). The minimum absolute atomic E-state index is 0.146. The van der Waals surface area contributed by atoms with Gasteiger partial charge in [-0.25, -0.2) is 4.79 Å². The van der Waals surface area contributed by atoms with Crippen molar-refractivity contribution in [3.63, 3.8) is 0 Å². The summed E-state index contributed by atoms with van der Waals surface area (Å²) < 4.78 is 0. The lowest BCUT2D eigenvalue weighted by Gasteiger charge is -2.25. The van der Waals surface area contributed by atoms with Crippen LogP contribution >= 0.6 is 12.6 Å². The summed E-state index contributed by atoms with van der Waals surface area (Å²) in [6.45, 7) is 4.06. The van der Waals surface area contributed by atoms with Crippen LogP contribution in [0.4, 0.5) is 0 Å². The third-order valence-corrected chi connectivity index (χ3v) is 4.60. The molecule has 0 aliphatic rings. The smallest absolute Gasteiger partial charge is 0.328 e. The maximum Gasteiger partial charge on any atom is 0.328 e. The molecular formula is C16H30N4O7S. The van der Waals surface area contributed by atoms with Crippen molar-refractivity contribution in [3.8, 4) is 0 Å². The number of hydrogen-bond donors (Lipinski definition) is 8. The van der Waals surface area contributed by atoms with Crippen LogP contribution in [0, 0.1) is 5.92 Å². The van der Waals surface area contributed by atoms with Crippen molar-refractivity contribution in [2.24, 2.45) is 11.7 Å². The highest BCUT2D eigenvalue weighted by atomic mass is 32.1. The molecule has 162 valence electrons. The molecular weight excluding hydrogens is 392 g/mol. The van der Waals surface area contributed by atoms with E-state index in [1.165, 1.54) is 6.92 Å². The number of carbonyl (C=O) groups is 4. The Labute approximate surface area is 168 Å². The van der Waals surface area contributed by atoms with Gasteiger partial charge in [0.15, 0.2) is 6.04 Å². The number of amides is 3. The Morgan fingerprint density at radius 3 is 1.89 bits per heavy atom. The van der Waals surface area contributed by atoms with Crippen LogP contribution in [0.2, 0.25) is 0 Å². The molecule has 0 saturated heterocycles. The van der Waals surface area contributed by atoms with Crippen LogP contribution in [0.5, 0.6) is 0 Å². The molecule has 0 aliphatic heterocycles. The van der Waals surface area contributed by atoms with Crippen LogP contribution in [-0.4, -0.2) is 81.6 Å². The molecule has 11 nitrogen and oxygen atoms in total. The van der Waals surface area contributed by atoms with Crippen LogP contribution < -0.4 is 21.7 Å². The average Bonchev–Trinajstić information content (AvgIpc) is 2.65. The fraction of sp³-hybridized carbons (Fsp3) is 0.750. The number of rotatable bonds is 12. The number of aliphatic carboxylic acids is 1. The molecule has 0 bridgehead atoms. The number of hydrogen-bond acceptors (Lipinski definition) is 8. The Bertz CT molecular complexity index is 561. The third kappa shape index (κ3) is 8.00. The predicted molar refractivity (Wildman–Crippen MR) is 103 cm³/mol. The lowest BCUT2D eigenvalue weighted by atomic mass is 9.99. The highest BCUT2D eigenvalue weighted by Crippen LogP contribution is 2.05. The Balaban J connectivity index is 5.02. The third-order valence-electron chi connectivity index (χ3n) is 4.24. The number of aliphatic hydroxyl groups excluding tert-OH is 2. The molecule has 0 saturated carbocycles. The normalized spacial score (nSPS) is 17.4. The largest absolute Gasteiger partial charge is 0.480 e. The fourth-order valence-electron chi connectivity index (χ4n) is 2.08. The van der Waals surface area contributed by atoms with Crippen LogP contribution in [0.25, 0.3) is 0 Å². The minimum Gasteiger partial charge on any atom is -0.480 e. The molecule has 6 unspecified atom stereocenters. The maximum atomic E-state index is 12.3. The zero-order chi connectivity index (χ0) is 22.0. The molecule has 28 heavy (non-hydrogen) atoms. The SMILES string of the molecule is CCC(C)C(N)C(=O)NC(CO)C(=O)NC(CS)C(=O)NC(C(=O)O)C(C)O. The minimum atomic E-state index is -1.58. The van der Waals surface area contributed by atoms with E-state index in [1.807, 2.05) is 6.92 Å². The van der Waals surface area contributed by atoms with Gasteiger partial charge in [0.2, 0.25) is 17.7 Å². The van der Waals surface area contributed by atoms with E-state index in [1.54, 1.807) is 6.92 Å². The summed E-state index contributed by atoms with van der Waals surface area (Å²) in [5.41, 5.74) is 5.78.